The predicted octanol–water partition coefficient (Wildman–Crippen LogP) is 0.405. The number of nitrogens with one attached hydrogen (secondary N) is 1. The van der Waals surface area contributed by atoms with Gasteiger partial charge in [0.2, 0.25) is 0 Å². The molecule has 0 heterocycles. The van der Waals surface area contributed by atoms with E-state index >= 15 is 0 Å². The second kappa shape index (κ2) is 6.86. The van der Waals surface area contributed by atoms with E-state index in [4.69, 9.17) is 16.2 Å². The largest absolute Gasteiger partial charge is 0.396 e. The third-order valence-electron chi connectivity index (χ3n) is 2.20. The number of amidine groups is 1. The summed E-state index contributed by atoms with van der Waals surface area (Å²) in [5, 5.41) is 16.1. The highest BCUT2D eigenvalue weighted by molar-refractivity contribution is 5.82. The van der Waals surface area contributed by atoms with Gasteiger partial charge in [-0.15, -0.1) is 0 Å². The molecule has 1 atom stereocenters. The van der Waals surface area contributed by atoms with Gasteiger partial charge in [0.05, 0.1) is 6.04 Å². The van der Waals surface area contributed by atoms with Crippen LogP contribution in [0.25, 0.3) is 0 Å². The fraction of sp³-hybridized carbons (Fsp3) is 0.889. The maximum atomic E-state index is 8.69. The first-order chi connectivity index (χ1) is 6.17. The van der Waals surface area contributed by atoms with Gasteiger partial charge in [-0.2, -0.15) is 0 Å². The van der Waals surface area contributed by atoms with Gasteiger partial charge < -0.3 is 10.8 Å². The summed E-state index contributed by atoms with van der Waals surface area (Å²) in [6.07, 6.45) is 1.60. The minimum absolute atomic E-state index is 0.0385. The lowest BCUT2D eigenvalue weighted by Gasteiger charge is -2.28. The molecule has 4 N–H and O–H groups in total. The maximum Gasteiger partial charge on any atom is 0.108 e. The van der Waals surface area contributed by atoms with Gasteiger partial charge in [-0.1, -0.05) is 13.8 Å². The summed E-state index contributed by atoms with van der Waals surface area (Å²) in [5.74, 6) is 0.224. The van der Waals surface area contributed by atoms with Crippen LogP contribution < -0.4 is 5.73 Å². The Kier molecular flexibility index (Phi) is 6.54. The lowest BCUT2D eigenvalue weighted by Crippen LogP contribution is -2.44. The topological polar surface area (TPSA) is 73.3 Å². The highest BCUT2D eigenvalue weighted by Crippen LogP contribution is 2.04. The van der Waals surface area contributed by atoms with Gasteiger partial charge >= 0.3 is 0 Å². The highest BCUT2D eigenvalue weighted by atomic mass is 16.3. The number of nitrogens with zero attached hydrogens (tertiary/aromatic N) is 1. The molecule has 0 saturated heterocycles. The second-order valence-electron chi connectivity index (χ2n) is 3.09. The molecule has 0 bridgehead atoms. The summed E-state index contributed by atoms with van der Waals surface area (Å²) in [6, 6.07) is 0.0385. The van der Waals surface area contributed by atoms with Crippen molar-refractivity contribution < 1.29 is 5.11 Å². The van der Waals surface area contributed by atoms with Crippen molar-refractivity contribution in [3.8, 4) is 0 Å². The molecule has 0 amide bonds. The minimum Gasteiger partial charge on any atom is -0.396 e. The summed E-state index contributed by atoms with van der Waals surface area (Å²) in [6.45, 7) is 5.95. The van der Waals surface area contributed by atoms with E-state index < -0.39 is 0 Å². The molecule has 13 heavy (non-hydrogen) atoms. The molecule has 4 nitrogen and oxygen atoms in total. The Hall–Kier alpha value is -0.610. The van der Waals surface area contributed by atoms with E-state index in [1.807, 2.05) is 13.8 Å². The molecule has 0 radical (unpaired) electrons. The van der Waals surface area contributed by atoms with Gasteiger partial charge in [-0.3, -0.25) is 10.3 Å². The standard InChI is InChI=1S/C9H21N3O/c1-3-8(9(10)11)12(4-2)6-5-7-13/h8,13H,3-7H2,1-2H3,(H3,10,11). The molecule has 0 aliphatic carbocycles. The molecule has 0 aromatic carbocycles. The van der Waals surface area contributed by atoms with Crippen molar-refractivity contribution in [2.24, 2.45) is 5.73 Å². The Bertz CT molecular complexity index is 150. The third-order valence-corrected chi connectivity index (χ3v) is 2.20. The van der Waals surface area contributed by atoms with Crippen molar-refractivity contribution >= 4 is 5.84 Å². The Morgan fingerprint density at radius 1 is 1.54 bits per heavy atom. The van der Waals surface area contributed by atoms with Crippen LogP contribution in [0.15, 0.2) is 0 Å². The fourth-order valence-electron chi connectivity index (χ4n) is 1.48. The molecule has 0 saturated carbocycles. The fourth-order valence-corrected chi connectivity index (χ4v) is 1.48. The van der Waals surface area contributed by atoms with E-state index in [1.165, 1.54) is 0 Å². The SMILES string of the molecule is CCC(C(=N)N)N(CC)CCCO. The number of hydrogen-bond donors (Lipinski definition) is 3. The predicted molar refractivity (Wildman–Crippen MR) is 54.9 cm³/mol. The quantitative estimate of drug-likeness (QED) is 0.399. The highest BCUT2D eigenvalue weighted by Gasteiger charge is 2.16. The first kappa shape index (κ1) is 12.4. The molecule has 0 fully saturated rings. The van der Waals surface area contributed by atoms with Gasteiger partial charge in [-0.25, -0.2) is 0 Å². The minimum atomic E-state index is 0.0385. The summed E-state index contributed by atoms with van der Waals surface area (Å²) < 4.78 is 0. The maximum absolute atomic E-state index is 8.69. The van der Waals surface area contributed by atoms with Gasteiger partial charge in [0, 0.05) is 13.2 Å². The molecular formula is C9H21N3O. The lowest BCUT2D eigenvalue weighted by molar-refractivity contribution is 0.208. The normalized spacial score (nSPS) is 13.2. The Morgan fingerprint density at radius 3 is 2.46 bits per heavy atom. The number of likely N-dealkylation sites (N-methyl/N-ethyl adjacent to an activating group) is 1. The Morgan fingerprint density at radius 2 is 2.15 bits per heavy atom. The lowest BCUT2D eigenvalue weighted by atomic mass is 10.1. The van der Waals surface area contributed by atoms with E-state index in [9.17, 15) is 0 Å². The van der Waals surface area contributed by atoms with Crippen molar-refractivity contribution in [3.05, 3.63) is 0 Å². The van der Waals surface area contributed by atoms with Crippen LogP contribution in [0, 0.1) is 5.41 Å². The zero-order valence-corrected chi connectivity index (χ0v) is 8.58. The molecule has 0 aromatic rings. The van der Waals surface area contributed by atoms with Crippen LogP contribution in [0.1, 0.15) is 26.7 Å². The van der Waals surface area contributed by atoms with Crippen LogP contribution in [0.3, 0.4) is 0 Å². The summed E-state index contributed by atoms with van der Waals surface area (Å²) in [7, 11) is 0. The second-order valence-corrected chi connectivity index (χ2v) is 3.09. The van der Waals surface area contributed by atoms with E-state index in [1.54, 1.807) is 0 Å². The molecule has 4 heteroatoms. The van der Waals surface area contributed by atoms with E-state index in [2.05, 4.69) is 4.90 Å². The number of hydrogen-bond acceptors (Lipinski definition) is 3. The molecule has 0 aliphatic heterocycles. The van der Waals surface area contributed by atoms with Crippen LogP contribution in [0.2, 0.25) is 0 Å². The average Bonchev–Trinajstić information content (AvgIpc) is 2.11. The zero-order chi connectivity index (χ0) is 10.3. The smallest absolute Gasteiger partial charge is 0.108 e. The molecule has 78 valence electrons. The monoisotopic (exact) mass is 187 g/mol. The third kappa shape index (κ3) is 4.24. The molecular weight excluding hydrogens is 166 g/mol. The van der Waals surface area contributed by atoms with Gasteiger partial charge in [0.15, 0.2) is 0 Å². The van der Waals surface area contributed by atoms with Crippen LogP contribution in [-0.2, 0) is 0 Å². The molecule has 0 aliphatic rings. The first-order valence-electron chi connectivity index (χ1n) is 4.86. The number of rotatable bonds is 7. The van der Waals surface area contributed by atoms with Crippen molar-refractivity contribution in [2.75, 3.05) is 19.7 Å². The molecule has 0 aromatic heterocycles. The number of aliphatic hydroxyl groups is 1. The molecule has 0 rings (SSSR count). The van der Waals surface area contributed by atoms with E-state index in [0.717, 1.165) is 25.9 Å². The van der Waals surface area contributed by atoms with Crippen molar-refractivity contribution in [3.63, 3.8) is 0 Å². The van der Waals surface area contributed by atoms with Crippen LogP contribution in [0.4, 0.5) is 0 Å². The van der Waals surface area contributed by atoms with Gasteiger partial charge in [0.25, 0.3) is 0 Å². The Labute approximate surface area is 80.2 Å². The van der Waals surface area contributed by atoms with Crippen LogP contribution in [-0.4, -0.2) is 41.6 Å². The van der Waals surface area contributed by atoms with Crippen LogP contribution in [0.5, 0.6) is 0 Å². The van der Waals surface area contributed by atoms with Crippen LogP contribution >= 0.6 is 0 Å². The van der Waals surface area contributed by atoms with Gasteiger partial charge in [0.1, 0.15) is 5.84 Å². The van der Waals surface area contributed by atoms with Crippen molar-refractivity contribution in [1.29, 1.82) is 5.41 Å². The Balaban J connectivity index is 4.08. The van der Waals surface area contributed by atoms with Crippen molar-refractivity contribution in [2.45, 2.75) is 32.7 Å². The average molecular weight is 187 g/mol. The number of nitrogens with two attached hydrogens (primary N) is 1. The van der Waals surface area contributed by atoms with E-state index in [0.29, 0.717) is 0 Å². The first-order valence-corrected chi connectivity index (χ1v) is 4.86. The zero-order valence-electron chi connectivity index (χ0n) is 8.58. The van der Waals surface area contributed by atoms with Gasteiger partial charge in [-0.05, 0) is 19.4 Å². The number of aliphatic hydroxyl groups excluding tert-OH is 1. The molecule has 1 unspecified atom stereocenters. The summed E-state index contributed by atoms with van der Waals surface area (Å²) in [5.41, 5.74) is 5.47. The summed E-state index contributed by atoms with van der Waals surface area (Å²) >= 11 is 0. The van der Waals surface area contributed by atoms with E-state index in [-0.39, 0.29) is 18.5 Å². The molecule has 0 spiro atoms. The van der Waals surface area contributed by atoms with Crippen molar-refractivity contribution in [1.82, 2.24) is 4.90 Å². The summed E-state index contributed by atoms with van der Waals surface area (Å²) in [4.78, 5) is 2.12.